The highest BCUT2D eigenvalue weighted by Gasteiger charge is 2.34. The average molecular weight is 351 g/mol. The molecule has 0 bridgehead atoms. The van der Waals surface area contributed by atoms with E-state index in [9.17, 15) is 9.59 Å². The number of rotatable bonds is 3. The minimum Gasteiger partial charge on any atom is -0.274 e. The first-order valence-electron chi connectivity index (χ1n) is 6.15. The van der Waals surface area contributed by atoms with Crippen LogP contribution in [0.3, 0.4) is 0 Å². The van der Waals surface area contributed by atoms with Gasteiger partial charge in [-0.15, -0.1) is 11.3 Å². The minimum absolute atomic E-state index is 0.202. The third-order valence-electron chi connectivity index (χ3n) is 3.31. The summed E-state index contributed by atoms with van der Waals surface area (Å²) in [6, 6.07) is 6.95. The van der Waals surface area contributed by atoms with E-state index in [0.717, 1.165) is 14.5 Å². The van der Waals surface area contributed by atoms with Crippen molar-refractivity contribution in [2.75, 3.05) is 6.54 Å². The first-order chi connectivity index (χ1) is 9.58. The molecule has 1 aromatic carbocycles. The summed E-state index contributed by atoms with van der Waals surface area (Å²) in [6.45, 7) is 2.32. The molecular formula is C14H11BrN2O2S. The second-order valence-electron chi connectivity index (χ2n) is 4.53. The third-order valence-corrected chi connectivity index (χ3v) is 4.98. The summed E-state index contributed by atoms with van der Waals surface area (Å²) in [5.41, 5.74) is 1.94. The number of benzene rings is 1. The van der Waals surface area contributed by atoms with Crippen LogP contribution in [0.2, 0.25) is 0 Å². The Bertz CT molecular complexity index is 676. The van der Waals surface area contributed by atoms with Crippen LogP contribution in [0.25, 0.3) is 0 Å². The fourth-order valence-electron chi connectivity index (χ4n) is 2.28. The lowest BCUT2D eigenvalue weighted by Gasteiger charge is -2.12. The normalized spacial score (nSPS) is 14.0. The van der Waals surface area contributed by atoms with Crippen LogP contribution in [-0.2, 0) is 6.42 Å². The minimum atomic E-state index is -0.202. The predicted molar refractivity (Wildman–Crippen MR) is 80.1 cm³/mol. The van der Waals surface area contributed by atoms with Gasteiger partial charge in [-0.1, -0.05) is 12.1 Å². The molecule has 102 valence electrons. The molecule has 0 saturated carbocycles. The zero-order chi connectivity index (χ0) is 14.3. The Balaban J connectivity index is 1.79. The fourth-order valence-corrected chi connectivity index (χ4v) is 3.90. The van der Waals surface area contributed by atoms with E-state index < -0.39 is 0 Å². The van der Waals surface area contributed by atoms with Crippen LogP contribution < -0.4 is 0 Å². The molecule has 2 aromatic rings. The maximum absolute atomic E-state index is 12.2. The maximum Gasteiger partial charge on any atom is 0.261 e. The molecule has 2 heterocycles. The molecule has 0 saturated heterocycles. The smallest absolute Gasteiger partial charge is 0.261 e. The van der Waals surface area contributed by atoms with Gasteiger partial charge in [0.1, 0.15) is 0 Å². The molecule has 0 unspecified atom stereocenters. The third kappa shape index (κ3) is 2.19. The van der Waals surface area contributed by atoms with Crippen LogP contribution >= 0.6 is 27.3 Å². The molecule has 6 heteroatoms. The SMILES string of the molecule is Cc1nc(Br)sc1CCN1C(=O)c2ccccc2C1=O. The van der Waals surface area contributed by atoms with E-state index in [1.807, 2.05) is 6.92 Å². The Morgan fingerprint density at radius 3 is 2.30 bits per heavy atom. The van der Waals surface area contributed by atoms with E-state index in [1.54, 1.807) is 35.6 Å². The monoisotopic (exact) mass is 350 g/mol. The van der Waals surface area contributed by atoms with Gasteiger partial charge in [0, 0.05) is 17.8 Å². The second kappa shape index (κ2) is 5.10. The first kappa shape index (κ1) is 13.5. The van der Waals surface area contributed by atoms with E-state index in [0.29, 0.717) is 24.1 Å². The number of carbonyl (C=O) groups excluding carboxylic acids is 2. The van der Waals surface area contributed by atoms with Crippen molar-refractivity contribution in [2.24, 2.45) is 0 Å². The molecular weight excluding hydrogens is 340 g/mol. The molecule has 0 atom stereocenters. The Morgan fingerprint density at radius 2 is 1.80 bits per heavy atom. The van der Waals surface area contributed by atoms with Crippen LogP contribution in [0.1, 0.15) is 31.3 Å². The molecule has 0 spiro atoms. The predicted octanol–water partition coefficient (Wildman–Crippen LogP) is 3.05. The highest BCUT2D eigenvalue weighted by molar-refractivity contribution is 9.11. The van der Waals surface area contributed by atoms with E-state index in [4.69, 9.17) is 0 Å². The van der Waals surface area contributed by atoms with Crippen LogP contribution in [0.4, 0.5) is 0 Å². The maximum atomic E-state index is 12.2. The van der Waals surface area contributed by atoms with Gasteiger partial charge in [-0.25, -0.2) is 4.98 Å². The van der Waals surface area contributed by atoms with Crippen molar-refractivity contribution >= 4 is 39.1 Å². The van der Waals surface area contributed by atoms with Crippen molar-refractivity contribution in [3.05, 3.63) is 49.9 Å². The average Bonchev–Trinajstić information content (AvgIpc) is 2.87. The number of thiazole rings is 1. The topological polar surface area (TPSA) is 50.3 Å². The van der Waals surface area contributed by atoms with Crippen molar-refractivity contribution in [1.82, 2.24) is 9.88 Å². The quantitative estimate of drug-likeness (QED) is 0.799. The van der Waals surface area contributed by atoms with Gasteiger partial charge in [0.2, 0.25) is 0 Å². The van der Waals surface area contributed by atoms with Gasteiger partial charge in [-0.2, -0.15) is 0 Å². The molecule has 1 aromatic heterocycles. The molecule has 0 aliphatic carbocycles. The molecule has 20 heavy (non-hydrogen) atoms. The summed E-state index contributed by atoms with van der Waals surface area (Å²) < 4.78 is 0.826. The van der Waals surface area contributed by atoms with Crippen LogP contribution in [-0.4, -0.2) is 28.2 Å². The number of hydrogen-bond donors (Lipinski definition) is 0. The molecule has 3 rings (SSSR count). The molecule has 0 N–H and O–H groups in total. The van der Waals surface area contributed by atoms with Crippen LogP contribution in [0.15, 0.2) is 28.2 Å². The molecule has 2 amide bonds. The van der Waals surface area contributed by atoms with E-state index in [-0.39, 0.29) is 11.8 Å². The molecule has 4 nitrogen and oxygen atoms in total. The number of hydrogen-bond acceptors (Lipinski definition) is 4. The summed E-state index contributed by atoms with van der Waals surface area (Å²) >= 11 is 4.88. The highest BCUT2D eigenvalue weighted by Crippen LogP contribution is 2.26. The largest absolute Gasteiger partial charge is 0.274 e. The number of halogens is 1. The summed E-state index contributed by atoms with van der Waals surface area (Å²) in [6.07, 6.45) is 0.639. The lowest BCUT2D eigenvalue weighted by Crippen LogP contribution is -2.31. The standard InChI is InChI=1S/C14H11BrN2O2S/c1-8-11(20-14(15)16-8)6-7-17-12(18)9-4-2-3-5-10(9)13(17)19/h2-5H,6-7H2,1H3. The van der Waals surface area contributed by atoms with E-state index >= 15 is 0 Å². The lowest BCUT2D eigenvalue weighted by molar-refractivity contribution is 0.0656. The van der Waals surface area contributed by atoms with E-state index in [1.165, 1.54) is 4.90 Å². The summed E-state index contributed by atoms with van der Waals surface area (Å²) in [4.78, 5) is 31.1. The number of imide groups is 1. The summed E-state index contributed by atoms with van der Waals surface area (Å²) in [5, 5.41) is 0. The Hall–Kier alpha value is -1.53. The molecule has 1 aliphatic heterocycles. The number of nitrogens with zero attached hydrogens (tertiary/aromatic N) is 2. The van der Waals surface area contributed by atoms with Gasteiger partial charge in [0.15, 0.2) is 3.92 Å². The van der Waals surface area contributed by atoms with Gasteiger partial charge in [-0.3, -0.25) is 14.5 Å². The number of amides is 2. The lowest BCUT2D eigenvalue weighted by atomic mass is 10.1. The number of aromatic nitrogens is 1. The fraction of sp³-hybridized carbons (Fsp3) is 0.214. The molecule has 1 aliphatic rings. The summed E-state index contributed by atoms with van der Waals surface area (Å²) in [5.74, 6) is -0.404. The van der Waals surface area contributed by atoms with Gasteiger partial charge in [0.25, 0.3) is 11.8 Å². The highest BCUT2D eigenvalue weighted by atomic mass is 79.9. The Labute approximate surface area is 128 Å². The van der Waals surface area contributed by atoms with Crippen molar-refractivity contribution in [3.8, 4) is 0 Å². The van der Waals surface area contributed by atoms with Crippen molar-refractivity contribution < 1.29 is 9.59 Å². The number of fused-ring (bicyclic) bond motifs is 1. The van der Waals surface area contributed by atoms with Crippen molar-refractivity contribution in [3.63, 3.8) is 0 Å². The van der Waals surface area contributed by atoms with Crippen molar-refractivity contribution in [2.45, 2.75) is 13.3 Å². The van der Waals surface area contributed by atoms with Crippen LogP contribution in [0.5, 0.6) is 0 Å². The van der Waals surface area contributed by atoms with Gasteiger partial charge >= 0.3 is 0 Å². The zero-order valence-corrected chi connectivity index (χ0v) is 13.1. The first-order valence-corrected chi connectivity index (χ1v) is 7.76. The summed E-state index contributed by atoms with van der Waals surface area (Å²) in [7, 11) is 0. The molecule has 0 radical (unpaired) electrons. The van der Waals surface area contributed by atoms with E-state index in [2.05, 4.69) is 20.9 Å². The van der Waals surface area contributed by atoms with Gasteiger partial charge in [0.05, 0.1) is 16.8 Å². The number of carbonyl (C=O) groups is 2. The number of aryl methyl sites for hydroxylation is 1. The van der Waals surface area contributed by atoms with Crippen LogP contribution in [0, 0.1) is 6.92 Å². The Kier molecular flexibility index (Phi) is 3.43. The van der Waals surface area contributed by atoms with Gasteiger partial charge in [-0.05, 0) is 35.0 Å². The Morgan fingerprint density at radius 1 is 1.20 bits per heavy atom. The van der Waals surface area contributed by atoms with Crippen molar-refractivity contribution in [1.29, 1.82) is 0 Å². The molecule has 0 fully saturated rings. The van der Waals surface area contributed by atoms with Gasteiger partial charge < -0.3 is 0 Å². The zero-order valence-electron chi connectivity index (χ0n) is 10.7. The second-order valence-corrected chi connectivity index (χ2v) is 6.89.